The van der Waals surface area contributed by atoms with Gasteiger partial charge in [-0.2, -0.15) is 0 Å². The molecule has 106 valence electrons. The first-order valence-corrected chi connectivity index (χ1v) is 7.08. The molecule has 0 spiro atoms. The minimum Gasteiger partial charge on any atom is -0.463 e. The summed E-state index contributed by atoms with van der Waals surface area (Å²) < 4.78 is 4.81. The lowest BCUT2D eigenvalue weighted by Gasteiger charge is -2.15. The lowest BCUT2D eigenvalue weighted by atomic mass is 10.2. The smallest absolute Gasteiger partial charge is 0.333 e. The lowest BCUT2D eigenvalue weighted by Crippen LogP contribution is -2.31. The normalized spacial score (nSPS) is 16.8. The number of aromatic nitrogens is 1. The van der Waals surface area contributed by atoms with Crippen LogP contribution in [-0.4, -0.2) is 46.4 Å². The Balaban J connectivity index is 2.09. The summed E-state index contributed by atoms with van der Waals surface area (Å²) in [6, 6.07) is 3.36. The molecule has 6 nitrogen and oxygen atoms in total. The summed E-state index contributed by atoms with van der Waals surface area (Å²) in [6.45, 7) is 1.89. The first kappa shape index (κ1) is 14.4. The fraction of sp³-hybridized carbons (Fsp3) is 0.308. The Morgan fingerprint density at radius 3 is 3.00 bits per heavy atom. The number of rotatable bonds is 5. The van der Waals surface area contributed by atoms with Crippen molar-refractivity contribution in [3.05, 3.63) is 35.1 Å². The summed E-state index contributed by atoms with van der Waals surface area (Å²) in [5.74, 6) is -0.684. The fourth-order valence-electron chi connectivity index (χ4n) is 1.72. The van der Waals surface area contributed by atoms with Crippen LogP contribution >= 0.6 is 11.8 Å². The molecule has 2 rings (SSSR count). The Hall–Kier alpha value is -2.02. The van der Waals surface area contributed by atoms with Crippen LogP contribution in [0.4, 0.5) is 0 Å². The molecule has 1 aliphatic heterocycles. The molecule has 0 radical (unpaired) electrons. The summed E-state index contributed by atoms with van der Waals surface area (Å²) in [5.41, 5.74) is 0.435. The van der Waals surface area contributed by atoms with E-state index in [0.717, 1.165) is 0 Å². The number of ether oxygens (including phenoxy) is 1. The predicted molar refractivity (Wildman–Crippen MR) is 74.0 cm³/mol. The SMILES string of the molecule is CCOC(=O)C=C1SCC(=O)N1CC(=O)c1ccc[nH]1. The number of ketones is 1. The Bertz CT molecular complexity index is 551. The third-order valence-electron chi connectivity index (χ3n) is 2.64. The van der Waals surface area contributed by atoms with Crippen molar-refractivity contribution in [3.63, 3.8) is 0 Å². The third-order valence-corrected chi connectivity index (χ3v) is 3.66. The fourth-order valence-corrected chi connectivity index (χ4v) is 2.65. The van der Waals surface area contributed by atoms with Crippen molar-refractivity contribution < 1.29 is 19.1 Å². The molecular weight excluding hydrogens is 280 g/mol. The molecule has 0 aliphatic carbocycles. The van der Waals surface area contributed by atoms with E-state index in [4.69, 9.17) is 4.74 Å². The zero-order valence-electron chi connectivity index (χ0n) is 10.9. The first-order chi connectivity index (χ1) is 9.61. The first-order valence-electron chi connectivity index (χ1n) is 6.10. The number of H-pyrrole nitrogens is 1. The molecule has 0 atom stereocenters. The third kappa shape index (κ3) is 3.30. The number of esters is 1. The van der Waals surface area contributed by atoms with Gasteiger partial charge in [-0.15, -0.1) is 0 Å². The van der Waals surface area contributed by atoms with Crippen LogP contribution in [0.25, 0.3) is 0 Å². The van der Waals surface area contributed by atoms with Crippen LogP contribution < -0.4 is 0 Å². The van der Waals surface area contributed by atoms with E-state index < -0.39 is 5.97 Å². The number of hydrogen-bond acceptors (Lipinski definition) is 5. The van der Waals surface area contributed by atoms with Gasteiger partial charge in [0.15, 0.2) is 5.78 Å². The van der Waals surface area contributed by atoms with Crippen LogP contribution in [0.15, 0.2) is 29.4 Å². The molecule has 0 unspecified atom stereocenters. The van der Waals surface area contributed by atoms with Gasteiger partial charge in [-0.1, -0.05) is 11.8 Å². The second-order valence-corrected chi connectivity index (χ2v) is 5.01. The number of aromatic amines is 1. The van der Waals surface area contributed by atoms with Gasteiger partial charge in [-0.05, 0) is 19.1 Å². The van der Waals surface area contributed by atoms with E-state index >= 15 is 0 Å². The van der Waals surface area contributed by atoms with Crippen molar-refractivity contribution in [3.8, 4) is 0 Å². The zero-order valence-corrected chi connectivity index (χ0v) is 11.7. The maximum Gasteiger partial charge on any atom is 0.333 e. The zero-order chi connectivity index (χ0) is 14.5. The van der Waals surface area contributed by atoms with E-state index in [9.17, 15) is 14.4 Å². The second-order valence-electron chi connectivity index (χ2n) is 4.01. The van der Waals surface area contributed by atoms with Crippen molar-refractivity contribution >= 4 is 29.4 Å². The van der Waals surface area contributed by atoms with Gasteiger partial charge in [-0.3, -0.25) is 14.5 Å². The van der Waals surface area contributed by atoms with Crippen LogP contribution in [-0.2, 0) is 14.3 Å². The van der Waals surface area contributed by atoms with Gasteiger partial charge in [0.1, 0.15) is 0 Å². The van der Waals surface area contributed by atoms with Crippen molar-refractivity contribution in [1.29, 1.82) is 0 Å². The van der Waals surface area contributed by atoms with Gasteiger partial charge in [0, 0.05) is 6.20 Å². The number of carbonyl (C=O) groups excluding carboxylic acids is 3. The maximum absolute atomic E-state index is 12.0. The van der Waals surface area contributed by atoms with Crippen molar-refractivity contribution in [1.82, 2.24) is 9.88 Å². The molecule has 1 fully saturated rings. The molecule has 1 aromatic rings. The topological polar surface area (TPSA) is 79.5 Å². The van der Waals surface area contributed by atoms with E-state index in [2.05, 4.69) is 4.98 Å². The lowest BCUT2D eigenvalue weighted by molar-refractivity contribution is -0.137. The number of hydrogen-bond donors (Lipinski definition) is 1. The van der Waals surface area contributed by atoms with E-state index in [-0.39, 0.29) is 30.6 Å². The molecule has 1 aliphatic rings. The Morgan fingerprint density at radius 2 is 2.35 bits per heavy atom. The highest BCUT2D eigenvalue weighted by Gasteiger charge is 2.29. The van der Waals surface area contributed by atoms with Gasteiger partial charge >= 0.3 is 5.97 Å². The molecule has 7 heteroatoms. The summed E-state index contributed by atoms with van der Waals surface area (Å²) in [4.78, 5) is 39.3. The van der Waals surface area contributed by atoms with Crippen molar-refractivity contribution in [2.75, 3.05) is 18.9 Å². The summed E-state index contributed by atoms with van der Waals surface area (Å²) in [7, 11) is 0. The molecule has 0 bridgehead atoms. The average Bonchev–Trinajstić information content (AvgIpc) is 3.03. The molecular formula is C13H14N2O4S. The Kier molecular flexibility index (Phi) is 4.62. The number of thioether (sulfide) groups is 1. The monoisotopic (exact) mass is 294 g/mol. The van der Waals surface area contributed by atoms with E-state index in [0.29, 0.717) is 10.7 Å². The molecule has 20 heavy (non-hydrogen) atoms. The molecule has 1 N–H and O–H groups in total. The number of nitrogens with zero attached hydrogens (tertiary/aromatic N) is 1. The molecule has 1 aromatic heterocycles. The Labute approximate surface area is 120 Å². The summed E-state index contributed by atoms with van der Waals surface area (Å²) >= 11 is 1.23. The van der Waals surface area contributed by atoms with Gasteiger partial charge in [-0.25, -0.2) is 4.79 Å². The molecule has 2 heterocycles. The number of Topliss-reactive ketones (excluding diaryl/α,β-unsaturated/α-hetero) is 1. The van der Waals surface area contributed by atoms with Crippen LogP contribution in [0.5, 0.6) is 0 Å². The van der Waals surface area contributed by atoms with E-state index in [1.165, 1.54) is 22.7 Å². The highest BCUT2D eigenvalue weighted by atomic mass is 32.2. The van der Waals surface area contributed by atoms with Crippen LogP contribution in [0, 0.1) is 0 Å². The second kappa shape index (κ2) is 6.42. The van der Waals surface area contributed by atoms with Gasteiger partial charge in [0.25, 0.3) is 0 Å². The summed E-state index contributed by atoms with van der Waals surface area (Å²) in [5, 5.41) is 0.452. The van der Waals surface area contributed by atoms with E-state index in [1.54, 1.807) is 25.3 Å². The summed E-state index contributed by atoms with van der Waals surface area (Å²) in [6.07, 6.45) is 2.89. The molecule has 0 saturated carbocycles. The number of carbonyl (C=O) groups is 3. The quantitative estimate of drug-likeness (QED) is 0.501. The molecule has 0 aromatic carbocycles. The van der Waals surface area contributed by atoms with Gasteiger partial charge < -0.3 is 9.72 Å². The van der Waals surface area contributed by atoms with Crippen LogP contribution in [0.3, 0.4) is 0 Å². The van der Waals surface area contributed by atoms with Crippen LogP contribution in [0.2, 0.25) is 0 Å². The van der Waals surface area contributed by atoms with Crippen molar-refractivity contribution in [2.45, 2.75) is 6.92 Å². The van der Waals surface area contributed by atoms with Crippen molar-refractivity contribution in [2.24, 2.45) is 0 Å². The molecule has 1 saturated heterocycles. The largest absolute Gasteiger partial charge is 0.463 e. The Morgan fingerprint density at radius 1 is 1.55 bits per heavy atom. The predicted octanol–water partition coefficient (Wildman–Crippen LogP) is 1.18. The van der Waals surface area contributed by atoms with Gasteiger partial charge in [0.2, 0.25) is 5.91 Å². The standard InChI is InChI=1S/C13H14N2O4S/c1-2-19-13(18)6-12-15(11(17)8-20-12)7-10(16)9-4-3-5-14-9/h3-6,14H,2,7-8H2,1H3. The van der Waals surface area contributed by atoms with E-state index in [1.807, 2.05) is 0 Å². The minimum atomic E-state index is -0.512. The highest BCUT2D eigenvalue weighted by Crippen LogP contribution is 2.28. The number of nitrogens with one attached hydrogen (secondary N) is 1. The number of amides is 1. The van der Waals surface area contributed by atoms with Gasteiger partial charge in [0.05, 0.1) is 35.7 Å². The van der Waals surface area contributed by atoms with Crippen LogP contribution in [0.1, 0.15) is 17.4 Å². The maximum atomic E-state index is 12.0. The average molecular weight is 294 g/mol. The minimum absolute atomic E-state index is 0.0857. The highest BCUT2D eigenvalue weighted by molar-refractivity contribution is 8.04. The molecule has 1 amide bonds.